The summed E-state index contributed by atoms with van der Waals surface area (Å²) in [5.74, 6) is 1.43. The summed E-state index contributed by atoms with van der Waals surface area (Å²) in [5, 5.41) is 6.53. The van der Waals surface area contributed by atoms with Gasteiger partial charge in [0.05, 0.1) is 0 Å². The molecule has 0 spiro atoms. The molecule has 2 fully saturated rings. The molecule has 3 rings (SSSR count). The molecule has 3 unspecified atom stereocenters. The van der Waals surface area contributed by atoms with Crippen molar-refractivity contribution in [1.29, 1.82) is 0 Å². The monoisotopic (exact) mass is 322 g/mol. The van der Waals surface area contributed by atoms with Crippen molar-refractivity contribution >= 4 is 18.3 Å². The molecule has 1 saturated heterocycles. The van der Waals surface area contributed by atoms with Gasteiger partial charge >= 0.3 is 0 Å². The summed E-state index contributed by atoms with van der Waals surface area (Å²) in [7, 11) is 0. The van der Waals surface area contributed by atoms with Crippen molar-refractivity contribution in [1.82, 2.24) is 10.6 Å². The van der Waals surface area contributed by atoms with Gasteiger partial charge in [-0.3, -0.25) is 4.79 Å². The largest absolute Gasteiger partial charge is 0.354 e. The van der Waals surface area contributed by atoms with Gasteiger partial charge in [0, 0.05) is 18.5 Å². The first-order chi connectivity index (χ1) is 10.1. The SMILES string of the molecule is CC(C)c1ccc(C2CC2C(=O)NCC2CCCN2)cc1.Cl. The molecule has 4 heteroatoms. The minimum Gasteiger partial charge on any atom is -0.354 e. The van der Waals surface area contributed by atoms with Crippen LogP contribution >= 0.6 is 12.4 Å². The van der Waals surface area contributed by atoms with Crippen LogP contribution in [-0.2, 0) is 4.79 Å². The molecule has 0 aromatic heterocycles. The van der Waals surface area contributed by atoms with Crippen molar-refractivity contribution in [2.75, 3.05) is 13.1 Å². The van der Waals surface area contributed by atoms with Crippen LogP contribution in [0.2, 0.25) is 0 Å². The fourth-order valence-electron chi connectivity index (χ4n) is 3.27. The molecule has 1 saturated carbocycles. The highest BCUT2D eigenvalue weighted by Crippen LogP contribution is 2.47. The Kier molecular flexibility index (Phi) is 5.87. The van der Waals surface area contributed by atoms with E-state index in [9.17, 15) is 4.79 Å². The molecule has 1 heterocycles. The number of rotatable bonds is 5. The second kappa shape index (κ2) is 7.47. The van der Waals surface area contributed by atoms with Crippen molar-refractivity contribution < 1.29 is 4.79 Å². The molecule has 3 nitrogen and oxygen atoms in total. The average Bonchev–Trinajstić information content (AvgIpc) is 3.12. The molecule has 1 aromatic carbocycles. The maximum absolute atomic E-state index is 12.2. The Labute approximate surface area is 139 Å². The van der Waals surface area contributed by atoms with Gasteiger partial charge in [0.25, 0.3) is 0 Å². The summed E-state index contributed by atoms with van der Waals surface area (Å²) in [4.78, 5) is 12.2. The third kappa shape index (κ3) is 4.02. The summed E-state index contributed by atoms with van der Waals surface area (Å²) < 4.78 is 0. The molecular weight excluding hydrogens is 296 g/mol. The highest BCUT2D eigenvalue weighted by molar-refractivity contribution is 5.85. The predicted molar refractivity (Wildman–Crippen MR) is 92.7 cm³/mol. The van der Waals surface area contributed by atoms with Gasteiger partial charge < -0.3 is 10.6 Å². The molecule has 2 N–H and O–H groups in total. The normalized spacial score (nSPS) is 26.6. The molecule has 0 bridgehead atoms. The molecule has 1 aromatic rings. The van der Waals surface area contributed by atoms with Gasteiger partial charge in [-0.15, -0.1) is 12.4 Å². The van der Waals surface area contributed by atoms with Crippen LogP contribution in [0.15, 0.2) is 24.3 Å². The number of halogens is 1. The third-order valence-electron chi connectivity index (χ3n) is 4.84. The van der Waals surface area contributed by atoms with Crippen LogP contribution in [0.5, 0.6) is 0 Å². The lowest BCUT2D eigenvalue weighted by molar-refractivity contribution is -0.122. The van der Waals surface area contributed by atoms with Crippen molar-refractivity contribution in [2.45, 2.75) is 51.0 Å². The number of amides is 1. The number of benzene rings is 1. The first kappa shape index (κ1) is 17.3. The van der Waals surface area contributed by atoms with E-state index in [1.807, 2.05) is 0 Å². The second-order valence-corrected chi connectivity index (χ2v) is 6.81. The van der Waals surface area contributed by atoms with Gasteiger partial charge in [0.2, 0.25) is 5.91 Å². The van der Waals surface area contributed by atoms with Crippen LogP contribution in [0, 0.1) is 5.92 Å². The van der Waals surface area contributed by atoms with Gasteiger partial charge in [-0.25, -0.2) is 0 Å². The van der Waals surface area contributed by atoms with Gasteiger partial charge in [0.1, 0.15) is 0 Å². The molecule has 2 aliphatic rings. The molecule has 122 valence electrons. The lowest BCUT2D eigenvalue weighted by atomic mass is 10.00. The Balaban J connectivity index is 0.00000176. The van der Waals surface area contributed by atoms with Crippen LogP contribution < -0.4 is 10.6 Å². The van der Waals surface area contributed by atoms with Crippen LogP contribution in [-0.4, -0.2) is 25.0 Å². The number of hydrogen-bond acceptors (Lipinski definition) is 2. The minimum absolute atomic E-state index is 0. The quantitative estimate of drug-likeness (QED) is 0.874. The summed E-state index contributed by atoms with van der Waals surface area (Å²) in [6, 6.07) is 9.29. The zero-order chi connectivity index (χ0) is 14.8. The summed E-state index contributed by atoms with van der Waals surface area (Å²) in [6.45, 7) is 6.29. The second-order valence-electron chi connectivity index (χ2n) is 6.81. The Morgan fingerprint density at radius 2 is 2.05 bits per heavy atom. The zero-order valence-electron chi connectivity index (χ0n) is 13.5. The lowest BCUT2D eigenvalue weighted by Crippen LogP contribution is -2.37. The van der Waals surface area contributed by atoms with E-state index in [2.05, 4.69) is 48.7 Å². The van der Waals surface area contributed by atoms with E-state index in [1.165, 1.54) is 24.0 Å². The maximum atomic E-state index is 12.2. The van der Waals surface area contributed by atoms with E-state index in [0.29, 0.717) is 17.9 Å². The van der Waals surface area contributed by atoms with E-state index in [-0.39, 0.29) is 24.2 Å². The molecule has 1 amide bonds. The summed E-state index contributed by atoms with van der Waals surface area (Å²) in [5.41, 5.74) is 2.69. The number of carbonyl (C=O) groups excluding carboxylic acids is 1. The van der Waals surface area contributed by atoms with Crippen LogP contribution in [0.4, 0.5) is 0 Å². The first-order valence-electron chi connectivity index (χ1n) is 8.26. The van der Waals surface area contributed by atoms with Crippen molar-refractivity contribution in [2.24, 2.45) is 5.92 Å². The highest BCUT2D eigenvalue weighted by atomic mass is 35.5. The third-order valence-corrected chi connectivity index (χ3v) is 4.84. The van der Waals surface area contributed by atoms with E-state index in [0.717, 1.165) is 19.5 Å². The topological polar surface area (TPSA) is 41.1 Å². The molecule has 1 aliphatic carbocycles. The van der Waals surface area contributed by atoms with Gasteiger partial charge in [-0.1, -0.05) is 38.1 Å². The lowest BCUT2D eigenvalue weighted by Gasteiger charge is -2.11. The fraction of sp³-hybridized carbons (Fsp3) is 0.611. The smallest absolute Gasteiger partial charge is 0.223 e. The standard InChI is InChI=1S/C18H26N2O.ClH/c1-12(2)13-5-7-14(8-6-13)16-10-17(16)18(21)20-11-15-4-3-9-19-15;/h5-8,12,15-17,19H,3-4,9-11H2,1-2H3,(H,20,21);1H. The van der Waals surface area contributed by atoms with Gasteiger partial charge in [-0.05, 0) is 48.8 Å². The van der Waals surface area contributed by atoms with E-state index < -0.39 is 0 Å². The van der Waals surface area contributed by atoms with Crippen molar-refractivity contribution in [3.8, 4) is 0 Å². The number of hydrogen-bond donors (Lipinski definition) is 2. The Hall–Kier alpha value is -1.06. The molecule has 1 aliphatic heterocycles. The van der Waals surface area contributed by atoms with Crippen molar-refractivity contribution in [3.05, 3.63) is 35.4 Å². The summed E-state index contributed by atoms with van der Waals surface area (Å²) >= 11 is 0. The number of carbonyl (C=O) groups is 1. The van der Waals surface area contributed by atoms with Gasteiger partial charge in [0.15, 0.2) is 0 Å². The van der Waals surface area contributed by atoms with Crippen LogP contribution in [0.3, 0.4) is 0 Å². The van der Waals surface area contributed by atoms with E-state index in [1.54, 1.807) is 0 Å². The first-order valence-corrected chi connectivity index (χ1v) is 8.26. The van der Waals surface area contributed by atoms with E-state index in [4.69, 9.17) is 0 Å². The highest BCUT2D eigenvalue weighted by Gasteiger charge is 2.43. The average molecular weight is 323 g/mol. The minimum atomic E-state index is 0. The van der Waals surface area contributed by atoms with Crippen LogP contribution in [0.1, 0.15) is 56.1 Å². The van der Waals surface area contributed by atoms with Crippen LogP contribution in [0.25, 0.3) is 0 Å². The van der Waals surface area contributed by atoms with Gasteiger partial charge in [-0.2, -0.15) is 0 Å². The summed E-state index contributed by atoms with van der Waals surface area (Å²) in [6.07, 6.45) is 3.42. The molecule has 0 radical (unpaired) electrons. The predicted octanol–water partition coefficient (Wildman–Crippen LogP) is 3.20. The van der Waals surface area contributed by atoms with E-state index >= 15 is 0 Å². The Bertz CT molecular complexity index is 494. The zero-order valence-corrected chi connectivity index (χ0v) is 14.3. The fourth-order valence-corrected chi connectivity index (χ4v) is 3.27. The maximum Gasteiger partial charge on any atom is 0.223 e. The molecular formula is C18H27ClN2O. The molecule has 3 atom stereocenters. The Morgan fingerprint density at radius 3 is 2.64 bits per heavy atom. The Morgan fingerprint density at radius 1 is 1.32 bits per heavy atom. The molecule has 22 heavy (non-hydrogen) atoms. The van der Waals surface area contributed by atoms with Crippen molar-refractivity contribution in [3.63, 3.8) is 0 Å². The number of nitrogens with one attached hydrogen (secondary N) is 2.